The third kappa shape index (κ3) is 4.60. The summed E-state index contributed by atoms with van der Waals surface area (Å²) in [4.78, 5) is 31.4. The second-order valence-corrected chi connectivity index (χ2v) is 8.03. The molecule has 1 heterocycles. The first-order chi connectivity index (χ1) is 12.2. The minimum atomic E-state index is -0.378. The number of thiazole rings is 1. The highest BCUT2D eigenvalue weighted by atomic mass is 32.1. The molecule has 0 unspecified atom stereocenters. The number of aromatic nitrogens is 1. The van der Waals surface area contributed by atoms with Crippen LogP contribution < -0.4 is 0 Å². The molecule has 1 amide bonds. The van der Waals surface area contributed by atoms with Crippen LogP contribution in [-0.2, 0) is 16.1 Å². The Hall–Kier alpha value is -1.43. The van der Waals surface area contributed by atoms with E-state index in [4.69, 9.17) is 4.74 Å². The first-order valence-electron chi connectivity index (χ1n) is 9.61. The van der Waals surface area contributed by atoms with E-state index in [1.54, 1.807) is 12.3 Å². The molecule has 0 saturated heterocycles. The Bertz CT molecular complexity index is 589. The summed E-state index contributed by atoms with van der Waals surface area (Å²) in [6.45, 7) is 2.67. The molecule has 138 valence electrons. The predicted molar refractivity (Wildman–Crippen MR) is 97.5 cm³/mol. The van der Waals surface area contributed by atoms with Crippen molar-refractivity contribution in [3.05, 3.63) is 16.1 Å². The molecule has 1 aromatic rings. The van der Waals surface area contributed by atoms with Crippen LogP contribution in [0.1, 0.15) is 80.2 Å². The minimum Gasteiger partial charge on any atom is -0.461 e. The largest absolute Gasteiger partial charge is 0.461 e. The molecule has 0 atom stereocenters. The highest BCUT2D eigenvalue weighted by Crippen LogP contribution is 2.31. The average molecular weight is 365 g/mol. The SMILES string of the molecule is CCOC(=O)c1csc(CN(C(=O)C2CCCC2)C2CCCCC2)n1. The number of hydrogen-bond donors (Lipinski definition) is 0. The zero-order chi connectivity index (χ0) is 17.6. The van der Waals surface area contributed by atoms with E-state index in [1.165, 1.54) is 43.4 Å². The van der Waals surface area contributed by atoms with Gasteiger partial charge >= 0.3 is 5.97 Å². The van der Waals surface area contributed by atoms with Gasteiger partial charge in [-0.1, -0.05) is 32.1 Å². The fraction of sp³-hybridized carbons (Fsp3) is 0.737. The Labute approximate surface area is 153 Å². The summed E-state index contributed by atoms with van der Waals surface area (Å²) in [5.74, 6) is 0.111. The number of nitrogens with zero attached hydrogens (tertiary/aromatic N) is 2. The molecule has 2 aliphatic rings. The maximum Gasteiger partial charge on any atom is 0.357 e. The van der Waals surface area contributed by atoms with Gasteiger partial charge in [0.05, 0.1) is 13.2 Å². The molecule has 0 radical (unpaired) electrons. The molecule has 0 bridgehead atoms. The second kappa shape index (κ2) is 8.79. The van der Waals surface area contributed by atoms with Crippen molar-refractivity contribution < 1.29 is 14.3 Å². The molecule has 0 spiro atoms. The Morgan fingerprint density at radius 1 is 1.16 bits per heavy atom. The van der Waals surface area contributed by atoms with Crippen LogP contribution in [0.25, 0.3) is 0 Å². The molecule has 1 aromatic heterocycles. The van der Waals surface area contributed by atoms with E-state index in [0.29, 0.717) is 30.8 Å². The number of hydrogen-bond acceptors (Lipinski definition) is 5. The zero-order valence-corrected chi connectivity index (χ0v) is 15.9. The van der Waals surface area contributed by atoms with E-state index in [0.717, 1.165) is 30.7 Å². The van der Waals surface area contributed by atoms with E-state index in [-0.39, 0.29) is 11.9 Å². The first kappa shape index (κ1) is 18.4. The minimum absolute atomic E-state index is 0.186. The summed E-state index contributed by atoms with van der Waals surface area (Å²) >= 11 is 1.45. The maximum atomic E-state index is 13.1. The van der Waals surface area contributed by atoms with Crippen molar-refractivity contribution >= 4 is 23.2 Å². The van der Waals surface area contributed by atoms with E-state index in [2.05, 4.69) is 9.88 Å². The quantitative estimate of drug-likeness (QED) is 0.711. The molecule has 0 aromatic carbocycles. The Morgan fingerprint density at radius 3 is 2.52 bits per heavy atom. The molecule has 5 nitrogen and oxygen atoms in total. The normalized spacial score (nSPS) is 19.1. The Morgan fingerprint density at radius 2 is 1.84 bits per heavy atom. The lowest BCUT2D eigenvalue weighted by Crippen LogP contribution is -2.43. The lowest BCUT2D eigenvalue weighted by molar-refractivity contribution is -0.139. The van der Waals surface area contributed by atoms with Crippen molar-refractivity contribution in [2.24, 2.45) is 5.92 Å². The molecular formula is C19H28N2O3S. The van der Waals surface area contributed by atoms with Crippen LogP contribution in [-0.4, -0.2) is 34.4 Å². The van der Waals surface area contributed by atoms with Crippen LogP contribution in [0.15, 0.2) is 5.38 Å². The van der Waals surface area contributed by atoms with Gasteiger partial charge in [0, 0.05) is 17.3 Å². The number of amides is 1. The van der Waals surface area contributed by atoms with Crippen molar-refractivity contribution in [1.82, 2.24) is 9.88 Å². The number of carbonyl (C=O) groups excluding carboxylic acids is 2. The zero-order valence-electron chi connectivity index (χ0n) is 15.0. The highest BCUT2D eigenvalue weighted by molar-refractivity contribution is 7.09. The van der Waals surface area contributed by atoms with Crippen molar-refractivity contribution in [1.29, 1.82) is 0 Å². The molecular weight excluding hydrogens is 336 g/mol. The average Bonchev–Trinajstić information content (AvgIpc) is 3.32. The van der Waals surface area contributed by atoms with Gasteiger partial charge in [-0.15, -0.1) is 11.3 Å². The van der Waals surface area contributed by atoms with Crippen LogP contribution in [0.5, 0.6) is 0 Å². The Balaban J connectivity index is 1.72. The van der Waals surface area contributed by atoms with Crippen LogP contribution >= 0.6 is 11.3 Å². The Kier molecular flexibility index (Phi) is 6.45. The third-order valence-corrected chi connectivity index (χ3v) is 6.18. The van der Waals surface area contributed by atoms with Gasteiger partial charge in [-0.3, -0.25) is 4.79 Å². The van der Waals surface area contributed by atoms with Gasteiger partial charge in [0.25, 0.3) is 0 Å². The van der Waals surface area contributed by atoms with Crippen molar-refractivity contribution in [2.75, 3.05) is 6.61 Å². The van der Waals surface area contributed by atoms with Crippen molar-refractivity contribution in [3.8, 4) is 0 Å². The topological polar surface area (TPSA) is 59.5 Å². The molecule has 0 aliphatic heterocycles. The molecule has 2 saturated carbocycles. The summed E-state index contributed by atoms with van der Waals surface area (Å²) in [7, 11) is 0. The van der Waals surface area contributed by atoms with Gasteiger partial charge in [0.2, 0.25) is 5.91 Å². The van der Waals surface area contributed by atoms with Gasteiger partial charge < -0.3 is 9.64 Å². The van der Waals surface area contributed by atoms with E-state index in [9.17, 15) is 9.59 Å². The maximum absolute atomic E-state index is 13.1. The fourth-order valence-corrected chi connectivity index (χ4v) is 4.78. The van der Waals surface area contributed by atoms with Crippen LogP contribution in [0.2, 0.25) is 0 Å². The van der Waals surface area contributed by atoms with Crippen LogP contribution in [0.3, 0.4) is 0 Å². The summed E-state index contributed by atoms with van der Waals surface area (Å²) in [5.41, 5.74) is 0.360. The van der Waals surface area contributed by atoms with Crippen molar-refractivity contribution in [3.63, 3.8) is 0 Å². The molecule has 25 heavy (non-hydrogen) atoms. The lowest BCUT2D eigenvalue weighted by atomic mass is 9.93. The number of carbonyl (C=O) groups is 2. The standard InChI is InChI=1S/C19H28N2O3S/c1-2-24-19(23)16-13-25-17(20-16)12-21(15-10-4-3-5-11-15)18(22)14-8-6-7-9-14/h13-15H,2-12H2,1H3. The molecule has 0 N–H and O–H groups in total. The third-order valence-electron chi connectivity index (χ3n) is 5.34. The number of ether oxygens (including phenoxy) is 1. The summed E-state index contributed by atoms with van der Waals surface area (Å²) in [6.07, 6.45) is 10.2. The van der Waals surface area contributed by atoms with Gasteiger partial charge in [-0.05, 0) is 32.6 Å². The summed E-state index contributed by atoms with van der Waals surface area (Å²) in [6, 6.07) is 0.330. The van der Waals surface area contributed by atoms with E-state index >= 15 is 0 Å². The monoisotopic (exact) mass is 364 g/mol. The van der Waals surface area contributed by atoms with E-state index in [1.807, 2.05) is 0 Å². The number of esters is 1. The van der Waals surface area contributed by atoms with Gasteiger partial charge in [0.15, 0.2) is 5.69 Å². The highest BCUT2D eigenvalue weighted by Gasteiger charge is 2.32. The predicted octanol–water partition coefficient (Wildman–Crippen LogP) is 4.17. The fourth-order valence-electron chi connectivity index (χ4n) is 4.01. The van der Waals surface area contributed by atoms with Crippen molar-refractivity contribution in [2.45, 2.75) is 77.3 Å². The summed E-state index contributed by atoms with van der Waals surface area (Å²) in [5, 5.41) is 2.58. The molecule has 3 rings (SSSR count). The van der Waals surface area contributed by atoms with Gasteiger partial charge in [0.1, 0.15) is 5.01 Å². The van der Waals surface area contributed by atoms with Gasteiger partial charge in [-0.2, -0.15) is 0 Å². The van der Waals surface area contributed by atoms with Gasteiger partial charge in [-0.25, -0.2) is 9.78 Å². The van der Waals surface area contributed by atoms with Crippen LogP contribution in [0, 0.1) is 5.92 Å². The second-order valence-electron chi connectivity index (χ2n) is 7.09. The molecule has 2 fully saturated rings. The lowest BCUT2D eigenvalue weighted by Gasteiger charge is -2.35. The summed E-state index contributed by atoms with van der Waals surface area (Å²) < 4.78 is 5.02. The number of rotatable bonds is 6. The van der Waals surface area contributed by atoms with E-state index < -0.39 is 0 Å². The van der Waals surface area contributed by atoms with Crippen LogP contribution in [0.4, 0.5) is 0 Å². The smallest absolute Gasteiger partial charge is 0.357 e. The molecule has 6 heteroatoms. The first-order valence-corrected chi connectivity index (χ1v) is 10.5. The molecule has 2 aliphatic carbocycles.